The molecule has 0 bridgehead atoms. The molecule has 2 heterocycles. The molecule has 0 aliphatic carbocycles. The maximum Gasteiger partial charge on any atom is 0.374 e. The van der Waals surface area contributed by atoms with Gasteiger partial charge in [0.1, 0.15) is 0 Å². The third-order valence-corrected chi connectivity index (χ3v) is 5.05. The highest BCUT2D eigenvalue weighted by Gasteiger charge is 2.20. The third kappa shape index (κ3) is 5.51. The molecule has 3 N–H and O–H groups in total. The van der Waals surface area contributed by atoms with Crippen LogP contribution in [0.3, 0.4) is 0 Å². The minimum Gasteiger partial charge on any atom is -0.451 e. The number of sulfonamides is 1. The maximum absolute atomic E-state index is 12.1. The van der Waals surface area contributed by atoms with E-state index in [4.69, 9.17) is 14.3 Å². The van der Waals surface area contributed by atoms with Crippen molar-refractivity contribution in [1.29, 1.82) is 0 Å². The van der Waals surface area contributed by atoms with Crippen molar-refractivity contribution < 1.29 is 32.0 Å². The number of furan rings is 1. The molecule has 9 nitrogen and oxygen atoms in total. The molecule has 140 valence electrons. The molecule has 2 rings (SSSR count). The van der Waals surface area contributed by atoms with Crippen LogP contribution < -0.4 is 10.5 Å². The van der Waals surface area contributed by atoms with Crippen LogP contribution >= 0.6 is 11.3 Å². The van der Waals surface area contributed by atoms with Crippen LogP contribution in [0.15, 0.2) is 33.8 Å². The SMILES string of the molecule is CC(=O)NCCc1ccc(C(=O)COC(=O)c2ccc(S(N)(=O)=O)o2)s1. The van der Waals surface area contributed by atoms with E-state index < -0.39 is 33.5 Å². The fourth-order valence-electron chi connectivity index (χ4n) is 1.88. The van der Waals surface area contributed by atoms with Crippen LogP contribution in [-0.4, -0.2) is 39.2 Å². The number of thiophene rings is 1. The summed E-state index contributed by atoms with van der Waals surface area (Å²) in [6, 6.07) is 5.48. The van der Waals surface area contributed by atoms with E-state index in [2.05, 4.69) is 5.32 Å². The number of esters is 1. The summed E-state index contributed by atoms with van der Waals surface area (Å²) in [5.74, 6) is -1.89. The lowest BCUT2D eigenvalue weighted by Crippen LogP contribution is -2.22. The van der Waals surface area contributed by atoms with Gasteiger partial charge in [-0.05, 0) is 30.7 Å². The quantitative estimate of drug-likeness (QED) is 0.490. The highest BCUT2D eigenvalue weighted by atomic mass is 32.2. The van der Waals surface area contributed by atoms with Gasteiger partial charge in [0, 0.05) is 18.3 Å². The number of hydrogen-bond donors (Lipinski definition) is 2. The minimum atomic E-state index is -4.07. The van der Waals surface area contributed by atoms with Gasteiger partial charge in [-0.2, -0.15) is 0 Å². The lowest BCUT2D eigenvalue weighted by Gasteiger charge is -2.01. The summed E-state index contributed by atoms with van der Waals surface area (Å²) in [7, 11) is -4.07. The third-order valence-electron chi connectivity index (χ3n) is 3.08. The predicted octanol–water partition coefficient (Wildman–Crippen LogP) is 0.707. The summed E-state index contributed by atoms with van der Waals surface area (Å²) in [4.78, 5) is 36.0. The highest BCUT2D eigenvalue weighted by Crippen LogP contribution is 2.18. The molecular weight excluding hydrogens is 384 g/mol. The van der Waals surface area contributed by atoms with Gasteiger partial charge in [0.15, 0.2) is 6.61 Å². The number of nitrogens with one attached hydrogen (secondary N) is 1. The van der Waals surface area contributed by atoms with Gasteiger partial charge in [-0.15, -0.1) is 11.3 Å². The monoisotopic (exact) mass is 400 g/mol. The number of rotatable bonds is 8. The van der Waals surface area contributed by atoms with E-state index in [0.29, 0.717) is 17.8 Å². The molecule has 0 spiro atoms. The van der Waals surface area contributed by atoms with Crippen LogP contribution in [0.2, 0.25) is 0 Å². The number of carbonyl (C=O) groups excluding carboxylic acids is 3. The Balaban J connectivity index is 1.88. The van der Waals surface area contributed by atoms with Crippen molar-refractivity contribution in [2.75, 3.05) is 13.2 Å². The summed E-state index contributed by atoms with van der Waals surface area (Å²) in [6.07, 6.45) is 0.583. The van der Waals surface area contributed by atoms with Crippen LogP contribution in [0.1, 0.15) is 32.0 Å². The molecule has 11 heteroatoms. The summed E-state index contributed by atoms with van der Waals surface area (Å²) in [5.41, 5.74) is 0. The minimum absolute atomic E-state index is 0.131. The first-order chi connectivity index (χ1) is 12.2. The van der Waals surface area contributed by atoms with E-state index in [0.717, 1.165) is 17.0 Å². The number of ether oxygens (including phenoxy) is 1. The first kappa shape index (κ1) is 19.8. The number of hydrogen-bond acceptors (Lipinski definition) is 8. The van der Waals surface area contributed by atoms with Gasteiger partial charge in [0.05, 0.1) is 4.88 Å². The van der Waals surface area contributed by atoms with E-state index in [1.807, 2.05) is 0 Å². The lowest BCUT2D eigenvalue weighted by molar-refractivity contribution is -0.118. The molecule has 0 unspecified atom stereocenters. The Morgan fingerprint density at radius 3 is 2.58 bits per heavy atom. The second kappa shape index (κ2) is 8.25. The molecule has 0 aliphatic rings. The van der Waals surface area contributed by atoms with Crippen molar-refractivity contribution in [3.05, 3.63) is 39.8 Å². The van der Waals surface area contributed by atoms with Crippen molar-refractivity contribution in [2.24, 2.45) is 5.14 Å². The molecule has 0 aromatic carbocycles. The van der Waals surface area contributed by atoms with Crippen LogP contribution in [0.25, 0.3) is 0 Å². The molecule has 0 saturated heterocycles. The average molecular weight is 400 g/mol. The van der Waals surface area contributed by atoms with Crippen LogP contribution in [0, 0.1) is 0 Å². The zero-order chi connectivity index (χ0) is 19.3. The Hall–Kier alpha value is -2.50. The van der Waals surface area contributed by atoms with Gasteiger partial charge < -0.3 is 14.5 Å². The second-order valence-corrected chi connectivity index (χ2v) is 7.82. The number of carbonyl (C=O) groups is 3. The molecule has 2 aromatic rings. The van der Waals surface area contributed by atoms with Crippen molar-refractivity contribution in [3.63, 3.8) is 0 Å². The maximum atomic E-state index is 12.1. The Bertz CT molecular complexity index is 927. The van der Waals surface area contributed by atoms with Crippen molar-refractivity contribution in [1.82, 2.24) is 5.32 Å². The lowest BCUT2D eigenvalue weighted by atomic mass is 10.3. The summed E-state index contributed by atoms with van der Waals surface area (Å²) >= 11 is 1.24. The predicted molar refractivity (Wildman–Crippen MR) is 91.4 cm³/mol. The molecule has 0 aliphatic heterocycles. The van der Waals surface area contributed by atoms with Crippen molar-refractivity contribution >= 4 is 39.0 Å². The summed E-state index contributed by atoms with van der Waals surface area (Å²) < 4.78 is 31.8. The van der Waals surface area contributed by atoms with Gasteiger partial charge in [0.2, 0.25) is 22.5 Å². The van der Waals surface area contributed by atoms with E-state index in [9.17, 15) is 22.8 Å². The van der Waals surface area contributed by atoms with Crippen LogP contribution in [0.4, 0.5) is 0 Å². The first-order valence-electron chi connectivity index (χ1n) is 7.33. The van der Waals surface area contributed by atoms with Gasteiger partial charge in [-0.3, -0.25) is 9.59 Å². The average Bonchev–Trinajstić information content (AvgIpc) is 3.20. The molecule has 1 amide bonds. The topological polar surface area (TPSA) is 146 Å². The summed E-state index contributed by atoms with van der Waals surface area (Å²) in [6.45, 7) is 1.36. The molecule has 26 heavy (non-hydrogen) atoms. The number of primary sulfonamides is 1. The molecule has 0 fully saturated rings. The Labute approximate surface area is 153 Å². The molecule has 0 atom stereocenters. The Kier molecular flexibility index (Phi) is 6.29. The standard InChI is InChI=1S/C15H16N2O7S2/c1-9(18)17-7-6-10-2-4-13(25-10)11(19)8-23-15(20)12-3-5-14(24-12)26(16,21)22/h2-5H,6-8H2,1H3,(H,17,18)(H2,16,21,22). The van der Waals surface area contributed by atoms with Gasteiger partial charge >= 0.3 is 5.97 Å². The van der Waals surface area contributed by atoms with E-state index in [-0.39, 0.29) is 11.7 Å². The van der Waals surface area contributed by atoms with Gasteiger partial charge in [0.25, 0.3) is 10.0 Å². The van der Waals surface area contributed by atoms with Crippen molar-refractivity contribution in [2.45, 2.75) is 18.4 Å². The Morgan fingerprint density at radius 2 is 1.96 bits per heavy atom. The van der Waals surface area contributed by atoms with Crippen LogP contribution in [-0.2, 0) is 26.0 Å². The van der Waals surface area contributed by atoms with Crippen molar-refractivity contribution in [3.8, 4) is 0 Å². The van der Waals surface area contributed by atoms with E-state index >= 15 is 0 Å². The molecule has 0 saturated carbocycles. The Morgan fingerprint density at radius 1 is 1.23 bits per heavy atom. The van der Waals surface area contributed by atoms with Crippen LogP contribution in [0.5, 0.6) is 0 Å². The number of amides is 1. The largest absolute Gasteiger partial charge is 0.451 e. The first-order valence-corrected chi connectivity index (χ1v) is 9.69. The second-order valence-electron chi connectivity index (χ2n) is 5.16. The van der Waals surface area contributed by atoms with E-state index in [1.54, 1.807) is 12.1 Å². The van der Waals surface area contributed by atoms with Gasteiger partial charge in [-0.1, -0.05) is 0 Å². The molecule has 2 aromatic heterocycles. The fourth-order valence-corrected chi connectivity index (χ4v) is 3.28. The van der Waals surface area contributed by atoms with Gasteiger partial charge in [-0.25, -0.2) is 18.4 Å². The fraction of sp³-hybridized carbons (Fsp3) is 0.267. The number of nitrogens with two attached hydrogens (primary N) is 1. The number of Topliss-reactive ketones (excluding diaryl/α,β-unsaturated/α-hetero) is 1. The smallest absolute Gasteiger partial charge is 0.374 e. The zero-order valence-corrected chi connectivity index (χ0v) is 15.3. The normalized spacial score (nSPS) is 11.2. The molecule has 0 radical (unpaired) electrons. The molecular formula is C15H16N2O7S2. The highest BCUT2D eigenvalue weighted by molar-refractivity contribution is 7.89. The van der Waals surface area contributed by atoms with E-state index in [1.165, 1.54) is 18.3 Å². The number of ketones is 1. The zero-order valence-electron chi connectivity index (χ0n) is 13.7. The summed E-state index contributed by atoms with van der Waals surface area (Å²) in [5, 5.41) is 6.96.